The maximum absolute atomic E-state index is 12.3. The molecule has 1 atom stereocenters. The third-order valence-corrected chi connectivity index (χ3v) is 5.68. The van der Waals surface area contributed by atoms with E-state index in [0.29, 0.717) is 17.5 Å². The molecule has 1 aromatic heterocycles. The fraction of sp³-hybridized carbons (Fsp3) is 0.200. The number of nitrogens with zero attached hydrogens (tertiary/aromatic N) is 3. The monoisotopic (exact) mass is 428 g/mol. The van der Waals surface area contributed by atoms with Crippen LogP contribution in [-0.4, -0.2) is 34.3 Å². The molecule has 3 aromatic rings. The lowest BCUT2D eigenvalue weighted by atomic mass is 10.1. The highest BCUT2D eigenvalue weighted by atomic mass is 35.5. The second-order valence-electron chi connectivity index (χ2n) is 6.48. The SMILES string of the molecule is O=C(CSc1ccc(Cl)cc1)Nc1nnc(C2CC(=O)N(c3ccccc3)C2)o1. The lowest BCUT2D eigenvalue weighted by molar-refractivity contribution is -0.117. The summed E-state index contributed by atoms with van der Waals surface area (Å²) in [5, 5.41) is 11.1. The van der Waals surface area contributed by atoms with Crippen molar-refractivity contribution in [3.8, 4) is 0 Å². The van der Waals surface area contributed by atoms with Gasteiger partial charge in [0.1, 0.15) is 0 Å². The molecule has 4 rings (SSSR count). The van der Waals surface area contributed by atoms with E-state index in [4.69, 9.17) is 16.0 Å². The molecule has 2 aromatic carbocycles. The van der Waals surface area contributed by atoms with Crippen LogP contribution in [0, 0.1) is 0 Å². The van der Waals surface area contributed by atoms with Gasteiger partial charge in [0.05, 0.1) is 11.7 Å². The molecule has 0 bridgehead atoms. The lowest BCUT2D eigenvalue weighted by Gasteiger charge is -2.15. The first-order valence-electron chi connectivity index (χ1n) is 8.95. The molecule has 1 fully saturated rings. The first-order chi connectivity index (χ1) is 14.1. The predicted molar refractivity (Wildman–Crippen MR) is 111 cm³/mol. The van der Waals surface area contributed by atoms with E-state index in [-0.39, 0.29) is 35.9 Å². The molecular weight excluding hydrogens is 412 g/mol. The number of anilines is 2. The number of para-hydroxylation sites is 1. The van der Waals surface area contributed by atoms with Crippen molar-refractivity contribution in [2.24, 2.45) is 0 Å². The number of carbonyl (C=O) groups excluding carboxylic acids is 2. The van der Waals surface area contributed by atoms with Crippen molar-refractivity contribution in [1.82, 2.24) is 10.2 Å². The van der Waals surface area contributed by atoms with E-state index in [1.165, 1.54) is 11.8 Å². The Morgan fingerprint density at radius 1 is 1.17 bits per heavy atom. The van der Waals surface area contributed by atoms with E-state index < -0.39 is 0 Å². The Bertz CT molecular complexity index is 1010. The number of thioether (sulfide) groups is 1. The average molecular weight is 429 g/mol. The number of rotatable bonds is 6. The molecule has 9 heteroatoms. The van der Waals surface area contributed by atoms with Gasteiger partial charge in [0.15, 0.2) is 0 Å². The van der Waals surface area contributed by atoms with Crippen LogP contribution >= 0.6 is 23.4 Å². The summed E-state index contributed by atoms with van der Waals surface area (Å²) in [6.07, 6.45) is 0.289. The van der Waals surface area contributed by atoms with E-state index in [2.05, 4.69) is 15.5 Å². The molecule has 2 amide bonds. The van der Waals surface area contributed by atoms with Crippen LogP contribution in [0.25, 0.3) is 0 Å². The number of halogens is 1. The average Bonchev–Trinajstić information content (AvgIpc) is 3.35. The van der Waals surface area contributed by atoms with Gasteiger partial charge in [0.2, 0.25) is 17.7 Å². The minimum atomic E-state index is -0.256. The van der Waals surface area contributed by atoms with Gasteiger partial charge in [0, 0.05) is 28.6 Å². The summed E-state index contributed by atoms with van der Waals surface area (Å²) in [6, 6.07) is 16.7. The summed E-state index contributed by atoms with van der Waals surface area (Å²) in [4.78, 5) is 27.1. The molecule has 1 saturated heterocycles. The van der Waals surface area contributed by atoms with Crippen LogP contribution in [-0.2, 0) is 9.59 Å². The number of carbonyl (C=O) groups is 2. The van der Waals surface area contributed by atoms with Crippen molar-refractivity contribution in [3.63, 3.8) is 0 Å². The van der Waals surface area contributed by atoms with E-state index in [1.807, 2.05) is 42.5 Å². The minimum absolute atomic E-state index is 0.00403. The first-order valence-corrected chi connectivity index (χ1v) is 10.3. The molecule has 29 heavy (non-hydrogen) atoms. The van der Waals surface area contributed by atoms with Gasteiger partial charge < -0.3 is 9.32 Å². The summed E-state index contributed by atoms with van der Waals surface area (Å²) < 4.78 is 5.58. The van der Waals surface area contributed by atoms with Crippen molar-refractivity contribution in [3.05, 3.63) is 65.5 Å². The van der Waals surface area contributed by atoms with Crippen LogP contribution in [0.1, 0.15) is 18.2 Å². The van der Waals surface area contributed by atoms with Crippen molar-refractivity contribution < 1.29 is 14.0 Å². The Hall–Kier alpha value is -2.84. The number of nitrogens with one attached hydrogen (secondary N) is 1. The fourth-order valence-electron chi connectivity index (χ4n) is 3.02. The fourth-order valence-corrected chi connectivity index (χ4v) is 3.84. The van der Waals surface area contributed by atoms with Gasteiger partial charge in [-0.25, -0.2) is 0 Å². The molecule has 1 unspecified atom stereocenters. The van der Waals surface area contributed by atoms with Crippen LogP contribution in [0.2, 0.25) is 5.02 Å². The van der Waals surface area contributed by atoms with Gasteiger partial charge in [-0.15, -0.1) is 16.9 Å². The Morgan fingerprint density at radius 2 is 1.93 bits per heavy atom. The number of hydrogen-bond donors (Lipinski definition) is 1. The molecule has 0 aliphatic carbocycles. The van der Waals surface area contributed by atoms with Crippen molar-refractivity contribution >= 4 is 46.9 Å². The molecule has 2 heterocycles. The number of hydrogen-bond acceptors (Lipinski definition) is 6. The Kier molecular flexibility index (Phi) is 5.82. The van der Waals surface area contributed by atoms with Gasteiger partial charge in [-0.1, -0.05) is 34.9 Å². The molecule has 0 radical (unpaired) electrons. The molecule has 0 saturated carbocycles. The zero-order valence-corrected chi connectivity index (χ0v) is 16.8. The Morgan fingerprint density at radius 3 is 2.69 bits per heavy atom. The number of aromatic nitrogens is 2. The van der Waals surface area contributed by atoms with Crippen LogP contribution in [0.4, 0.5) is 11.7 Å². The number of amides is 2. The van der Waals surface area contributed by atoms with Crippen LogP contribution < -0.4 is 10.2 Å². The zero-order valence-electron chi connectivity index (χ0n) is 15.2. The van der Waals surface area contributed by atoms with E-state index in [1.54, 1.807) is 17.0 Å². The lowest BCUT2D eigenvalue weighted by Crippen LogP contribution is -2.24. The maximum Gasteiger partial charge on any atom is 0.322 e. The molecule has 0 spiro atoms. The van der Waals surface area contributed by atoms with Gasteiger partial charge in [-0.05, 0) is 36.4 Å². The molecule has 1 N–H and O–H groups in total. The highest BCUT2D eigenvalue weighted by Crippen LogP contribution is 2.31. The van der Waals surface area contributed by atoms with E-state index >= 15 is 0 Å². The standard InChI is InChI=1S/C20H17ClN4O3S/c21-14-6-8-16(9-7-14)29-12-17(26)22-20-24-23-19(28-20)13-10-18(27)25(11-13)15-4-2-1-3-5-15/h1-9,13H,10-12H2,(H,22,24,26). The molecule has 1 aliphatic rings. The molecular formula is C20H17ClN4O3S. The van der Waals surface area contributed by atoms with E-state index in [9.17, 15) is 9.59 Å². The smallest absolute Gasteiger partial charge is 0.322 e. The Labute approximate surface area is 176 Å². The maximum atomic E-state index is 12.3. The zero-order chi connectivity index (χ0) is 20.2. The Balaban J connectivity index is 1.33. The summed E-state index contributed by atoms with van der Waals surface area (Å²) in [5.74, 6) is 0.0860. The minimum Gasteiger partial charge on any atom is -0.407 e. The highest BCUT2D eigenvalue weighted by Gasteiger charge is 2.35. The van der Waals surface area contributed by atoms with Gasteiger partial charge in [0.25, 0.3) is 0 Å². The first kappa shape index (κ1) is 19.5. The van der Waals surface area contributed by atoms with Gasteiger partial charge in [-0.2, -0.15) is 0 Å². The summed E-state index contributed by atoms with van der Waals surface area (Å²) >= 11 is 7.23. The van der Waals surface area contributed by atoms with Crippen LogP contribution in [0.5, 0.6) is 0 Å². The highest BCUT2D eigenvalue weighted by molar-refractivity contribution is 8.00. The van der Waals surface area contributed by atoms with E-state index in [0.717, 1.165) is 10.6 Å². The predicted octanol–water partition coefficient (Wildman–Crippen LogP) is 3.97. The topological polar surface area (TPSA) is 88.3 Å². The summed E-state index contributed by atoms with van der Waals surface area (Å²) in [7, 11) is 0. The van der Waals surface area contributed by atoms with Crippen molar-refractivity contribution in [1.29, 1.82) is 0 Å². The van der Waals surface area contributed by atoms with Gasteiger partial charge >= 0.3 is 6.01 Å². The number of benzene rings is 2. The molecule has 148 valence electrons. The second-order valence-corrected chi connectivity index (χ2v) is 7.96. The second kappa shape index (κ2) is 8.67. The summed E-state index contributed by atoms with van der Waals surface area (Å²) in [6.45, 7) is 0.463. The van der Waals surface area contributed by atoms with Crippen LogP contribution in [0.3, 0.4) is 0 Å². The third kappa shape index (κ3) is 4.78. The van der Waals surface area contributed by atoms with Crippen LogP contribution in [0.15, 0.2) is 63.9 Å². The molecule has 7 nitrogen and oxygen atoms in total. The largest absolute Gasteiger partial charge is 0.407 e. The third-order valence-electron chi connectivity index (χ3n) is 4.41. The molecule has 1 aliphatic heterocycles. The van der Waals surface area contributed by atoms with Crippen molar-refractivity contribution in [2.75, 3.05) is 22.5 Å². The summed E-state index contributed by atoms with van der Waals surface area (Å²) in [5.41, 5.74) is 0.840. The normalized spacial score (nSPS) is 16.2. The van der Waals surface area contributed by atoms with Gasteiger partial charge in [-0.3, -0.25) is 14.9 Å². The van der Waals surface area contributed by atoms with Crippen molar-refractivity contribution in [2.45, 2.75) is 17.2 Å². The quantitative estimate of drug-likeness (QED) is 0.597.